The van der Waals surface area contributed by atoms with Crippen molar-refractivity contribution < 1.29 is 13.2 Å². The van der Waals surface area contributed by atoms with Crippen LogP contribution < -0.4 is 15.9 Å². The zero-order valence-electron chi connectivity index (χ0n) is 13.1. The number of hydrazone groups is 1. The first kappa shape index (κ1) is 16.2. The molecule has 0 unspecified atom stereocenters. The third-order valence-electron chi connectivity index (χ3n) is 3.83. The molecule has 1 heterocycles. The molecule has 0 radical (unpaired) electrons. The Balaban J connectivity index is 1.88. The number of primary sulfonamides is 1. The second-order valence-corrected chi connectivity index (χ2v) is 7.14. The standard InChI is InChI=1S/C16H16N4O3S/c1-9-7-13-14(8-10(9)2)18-16(21)15(13)20-19-11-3-5-12(6-4-11)24(17,22)23/h3-8,19H,1-2H3,(H2,17,22,23)(H,18,20,21). The topological polar surface area (TPSA) is 114 Å². The highest BCUT2D eigenvalue weighted by Gasteiger charge is 2.26. The summed E-state index contributed by atoms with van der Waals surface area (Å²) in [5.74, 6) is -0.288. The van der Waals surface area contributed by atoms with E-state index in [1.807, 2.05) is 26.0 Å². The average molecular weight is 344 g/mol. The minimum absolute atomic E-state index is 0.00996. The molecule has 124 valence electrons. The van der Waals surface area contributed by atoms with Crippen molar-refractivity contribution in [3.63, 3.8) is 0 Å². The molecule has 0 spiro atoms. The average Bonchev–Trinajstić information content (AvgIpc) is 2.80. The minimum atomic E-state index is -3.74. The summed E-state index contributed by atoms with van der Waals surface area (Å²) in [6, 6.07) is 9.61. The number of hydrogen-bond acceptors (Lipinski definition) is 5. The van der Waals surface area contributed by atoms with Crippen molar-refractivity contribution in [3.8, 4) is 0 Å². The number of nitrogens with zero attached hydrogens (tertiary/aromatic N) is 1. The number of carbonyl (C=O) groups excluding carboxylic acids is 1. The van der Waals surface area contributed by atoms with Crippen LogP contribution in [0.1, 0.15) is 16.7 Å². The molecule has 0 atom stereocenters. The minimum Gasteiger partial charge on any atom is -0.320 e. The monoisotopic (exact) mass is 344 g/mol. The van der Waals surface area contributed by atoms with E-state index in [4.69, 9.17) is 5.14 Å². The largest absolute Gasteiger partial charge is 0.320 e. The van der Waals surface area contributed by atoms with Gasteiger partial charge in [0.25, 0.3) is 5.91 Å². The summed E-state index contributed by atoms with van der Waals surface area (Å²) in [4.78, 5) is 12.1. The number of anilines is 2. The Hall–Kier alpha value is -2.71. The number of carbonyl (C=O) groups is 1. The summed E-state index contributed by atoms with van der Waals surface area (Å²) in [6.45, 7) is 3.94. The third-order valence-corrected chi connectivity index (χ3v) is 4.76. The van der Waals surface area contributed by atoms with Crippen molar-refractivity contribution in [3.05, 3.63) is 53.1 Å². The van der Waals surface area contributed by atoms with E-state index in [2.05, 4.69) is 15.8 Å². The maximum atomic E-state index is 12.1. The fourth-order valence-corrected chi connectivity index (χ4v) is 2.89. The maximum Gasteiger partial charge on any atom is 0.276 e. The van der Waals surface area contributed by atoms with Crippen LogP contribution >= 0.6 is 0 Å². The number of nitrogens with one attached hydrogen (secondary N) is 2. The van der Waals surface area contributed by atoms with Gasteiger partial charge in [0.2, 0.25) is 10.0 Å². The van der Waals surface area contributed by atoms with E-state index in [-0.39, 0.29) is 16.5 Å². The number of nitrogens with two attached hydrogens (primary N) is 1. The Bertz CT molecular complexity index is 964. The summed E-state index contributed by atoms with van der Waals surface area (Å²) in [5.41, 5.74) is 7.20. The lowest BCUT2D eigenvalue weighted by atomic mass is 10.0. The molecule has 24 heavy (non-hydrogen) atoms. The molecule has 7 nitrogen and oxygen atoms in total. The SMILES string of the molecule is Cc1cc2c(cc1C)/C(=N/Nc1ccc(S(N)(=O)=O)cc1)C(=O)N2. The Morgan fingerprint density at radius 1 is 1.08 bits per heavy atom. The number of benzene rings is 2. The van der Waals surface area contributed by atoms with E-state index in [0.29, 0.717) is 5.69 Å². The first-order valence-corrected chi connectivity index (χ1v) is 8.70. The zero-order valence-corrected chi connectivity index (χ0v) is 13.9. The molecule has 8 heteroatoms. The first-order valence-electron chi connectivity index (χ1n) is 7.15. The van der Waals surface area contributed by atoms with Gasteiger partial charge in [0.1, 0.15) is 0 Å². The third kappa shape index (κ3) is 3.01. The number of sulfonamides is 1. The van der Waals surface area contributed by atoms with Crippen molar-refractivity contribution in [2.24, 2.45) is 10.2 Å². The zero-order chi connectivity index (χ0) is 17.5. The fraction of sp³-hybridized carbons (Fsp3) is 0.125. The lowest BCUT2D eigenvalue weighted by Gasteiger charge is -2.05. The lowest BCUT2D eigenvalue weighted by Crippen LogP contribution is -2.16. The van der Waals surface area contributed by atoms with E-state index < -0.39 is 10.0 Å². The highest BCUT2D eigenvalue weighted by atomic mass is 32.2. The predicted octanol–water partition coefficient (Wildman–Crippen LogP) is 1.72. The summed E-state index contributed by atoms with van der Waals surface area (Å²) in [7, 11) is -3.74. The van der Waals surface area contributed by atoms with E-state index in [1.165, 1.54) is 24.3 Å². The molecule has 0 aliphatic carbocycles. The van der Waals surface area contributed by atoms with Gasteiger partial charge in [0.15, 0.2) is 5.71 Å². The van der Waals surface area contributed by atoms with E-state index in [0.717, 1.165) is 22.4 Å². The molecule has 1 amide bonds. The lowest BCUT2D eigenvalue weighted by molar-refractivity contribution is -0.110. The Kier molecular flexibility index (Phi) is 3.86. The highest BCUT2D eigenvalue weighted by Crippen LogP contribution is 2.27. The van der Waals surface area contributed by atoms with Crippen molar-refractivity contribution >= 4 is 33.0 Å². The molecule has 0 aromatic heterocycles. The molecule has 2 aromatic rings. The van der Waals surface area contributed by atoms with Crippen molar-refractivity contribution in [1.29, 1.82) is 0 Å². The van der Waals surface area contributed by atoms with Crippen LogP contribution in [0, 0.1) is 13.8 Å². The Labute approximate surface area is 139 Å². The van der Waals surface area contributed by atoms with Gasteiger partial charge < -0.3 is 5.32 Å². The van der Waals surface area contributed by atoms with Gasteiger partial charge in [-0.3, -0.25) is 10.2 Å². The quantitative estimate of drug-likeness (QED) is 0.736. The molecule has 0 saturated heterocycles. The number of aryl methyl sites for hydroxylation is 2. The molecular formula is C16H16N4O3S. The van der Waals surface area contributed by atoms with Crippen LogP contribution in [0.25, 0.3) is 0 Å². The van der Waals surface area contributed by atoms with Gasteiger partial charge >= 0.3 is 0 Å². The predicted molar refractivity (Wildman–Crippen MR) is 92.5 cm³/mol. The summed E-state index contributed by atoms with van der Waals surface area (Å²) in [6.07, 6.45) is 0. The normalized spacial score (nSPS) is 15.3. The van der Waals surface area contributed by atoms with Crippen LogP contribution in [0.4, 0.5) is 11.4 Å². The second kappa shape index (κ2) is 5.73. The Morgan fingerprint density at radius 2 is 1.71 bits per heavy atom. The molecular weight excluding hydrogens is 328 g/mol. The van der Waals surface area contributed by atoms with Gasteiger partial charge in [-0.05, 0) is 61.4 Å². The molecule has 0 fully saturated rings. The highest BCUT2D eigenvalue weighted by molar-refractivity contribution is 7.89. The molecule has 0 saturated carbocycles. The maximum absolute atomic E-state index is 12.1. The number of hydrogen-bond donors (Lipinski definition) is 3. The van der Waals surface area contributed by atoms with Crippen LogP contribution in [-0.4, -0.2) is 20.0 Å². The summed E-state index contributed by atoms with van der Waals surface area (Å²) < 4.78 is 22.5. The van der Waals surface area contributed by atoms with E-state index >= 15 is 0 Å². The van der Waals surface area contributed by atoms with Gasteiger partial charge in [-0.1, -0.05) is 0 Å². The van der Waals surface area contributed by atoms with Crippen LogP contribution in [0.5, 0.6) is 0 Å². The smallest absolute Gasteiger partial charge is 0.276 e. The molecule has 4 N–H and O–H groups in total. The first-order chi connectivity index (χ1) is 11.3. The van der Waals surface area contributed by atoms with Gasteiger partial charge in [0, 0.05) is 5.56 Å². The van der Waals surface area contributed by atoms with E-state index in [1.54, 1.807) is 0 Å². The van der Waals surface area contributed by atoms with Crippen molar-refractivity contribution in [2.75, 3.05) is 10.7 Å². The van der Waals surface area contributed by atoms with Crippen LogP contribution in [-0.2, 0) is 14.8 Å². The van der Waals surface area contributed by atoms with Crippen LogP contribution in [0.2, 0.25) is 0 Å². The summed E-state index contributed by atoms with van der Waals surface area (Å²) >= 11 is 0. The fourth-order valence-electron chi connectivity index (χ4n) is 2.37. The van der Waals surface area contributed by atoms with Crippen LogP contribution in [0.15, 0.2) is 46.4 Å². The summed E-state index contributed by atoms with van der Waals surface area (Å²) in [5, 5.41) is 12.0. The number of rotatable bonds is 3. The Morgan fingerprint density at radius 3 is 2.33 bits per heavy atom. The molecule has 1 aliphatic rings. The van der Waals surface area contributed by atoms with Crippen LogP contribution in [0.3, 0.4) is 0 Å². The van der Waals surface area contributed by atoms with Gasteiger partial charge in [-0.2, -0.15) is 5.10 Å². The van der Waals surface area contributed by atoms with E-state index in [9.17, 15) is 13.2 Å². The van der Waals surface area contributed by atoms with Crippen molar-refractivity contribution in [2.45, 2.75) is 18.7 Å². The molecule has 0 bridgehead atoms. The van der Waals surface area contributed by atoms with Gasteiger partial charge in [-0.25, -0.2) is 13.6 Å². The van der Waals surface area contributed by atoms with Gasteiger partial charge in [0.05, 0.1) is 16.3 Å². The molecule has 2 aromatic carbocycles. The van der Waals surface area contributed by atoms with Crippen molar-refractivity contribution in [1.82, 2.24) is 0 Å². The van der Waals surface area contributed by atoms with Gasteiger partial charge in [-0.15, -0.1) is 0 Å². The number of fused-ring (bicyclic) bond motifs is 1. The molecule has 1 aliphatic heterocycles. The molecule has 3 rings (SSSR count). The number of amides is 1. The second-order valence-electron chi connectivity index (χ2n) is 5.58.